The van der Waals surface area contributed by atoms with Gasteiger partial charge in [0.15, 0.2) is 11.6 Å². The molecule has 0 N–H and O–H groups in total. The van der Waals surface area contributed by atoms with Crippen LogP contribution in [0.25, 0.3) is 0 Å². The molecule has 0 heterocycles. The summed E-state index contributed by atoms with van der Waals surface area (Å²) in [6.07, 6.45) is -10.6. The average molecular weight is 370 g/mol. The van der Waals surface area contributed by atoms with Crippen LogP contribution in [0, 0.1) is 0 Å². The van der Waals surface area contributed by atoms with Gasteiger partial charge in [0.1, 0.15) is 0 Å². The second-order valence-electron chi connectivity index (χ2n) is 3.17. The van der Waals surface area contributed by atoms with E-state index >= 15 is 0 Å². The van der Waals surface area contributed by atoms with Crippen LogP contribution in [0.2, 0.25) is 0 Å². The third-order valence-electron chi connectivity index (χ3n) is 1.61. The van der Waals surface area contributed by atoms with Gasteiger partial charge in [0.05, 0.1) is 11.1 Å². The molecule has 0 saturated carbocycles. The van der Waals surface area contributed by atoms with Gasteiger partial charge in [0.2, 0.25) is 0 Å². The SMILES string of the molecule is CC(=O)C(=C[O-])C(F)(F)F.CC(=O)C(=C[O-])C(F)(F)F.[Cu+2]. The zero-order chi connectivity index (χ0) is 16.7. The van der Waals surface area contributed by atoms with Crippen LogP contribution in [0.1, 0.15) is 13.8 Å². The van der Waals surface area contributed by atoms with Crippen molar-refractivity contribution in [2.75, 3.05) is 0 Å². The Kier molecular flexibility index (Phi) is 11.0. The van der Waals surface area contributed by atoms with E-state index in [1.807, 2.05) is 0 Å². The molecule has 0 aromatic rings. The molecule has 0 spiro atoms. The Hall–Kier alpha value is -1.48. The summed E-state index contributed by atoms with van der Waals surface area (Å²) in [5, 5.41) is 19.2. The third kappa shape index (κ3) is 9.97. The fraction of sp³-hybridized carbons (Fsp3) is 0.400. The molecule has 0 aliphatic heterocycles. The Morgan fingerprint density at radius 1 is 0.762 bits per heavy atom. The van der Waals surface area contributed by atoms with Crippen molar-refractivity contribution in [1.29, 1.82) is 0 Å². The molecule has 0 aliphatic rings. The second kappa shape index (κ2) is 9.45. The molecular weight excluding hydrogens is 362 g/mol. The standard InChI is InChI=1S/2C5H5F3O2.Cu/c2*1-3(10)4(2-9)5(6,7)8;/h2*2,9H,1H3;/q;;+2/p-2. The van der Waals surface area contributed by atoms with Gasteiger partial charge in [-0.3, -0.25) is 9.59 Å². The molecule has 11 heteroatoms. The number of carbonyl (C=O) groups excluding carboxylic acids is 2. The van der Waals surface area contributed by atoms with Crippen LogP contribution < -0.4 is 10.2 Å². The zero-order valence-electron chi connectivity index (χ0n) is 10.4. The quantitative estimate of drug-likeness (QED) is 0.311. The molecule has 0 aromatic carbocycles. The zero-order valence-corrected chi connectivity index (χ0v) is 11.3. The van der Waals surface area contributed by atoms with Gasteiger partial charge in [-0.25, -0.2) is 0 Å². The summed E-state index contributed by atoms with van der Waals surface area (Å²) in [6.45, 7) is 1.38. The monoisotopic (exact) mass is 369 g/mol. The van der Waals surface area contributed by atoms with Crippen molar-refractivity contribution in [2.45, 2.75) is 26.2 Å². The molecule has 125 valence electrons. The van der Waals surface area contributed by atoms with E-state index in [1.165, 1.54) is 0 Å². The molecule has 1 radical (unpaired) electrons. The minimum atomic E-state index is -4.81. The molecule has 4 nitrogen and oxygen atoms in total. The summed E-state index contributed by atoms with van der Waals surface area (Å²) in [4.78, 5) is 20.1. The summed E-state index contributed by atoms with van der Waals surface area (Å²) in [5.74, 6) is -2.52. The van der Waals surface area contributed by atoms with E-state index in [0.717, 1.165) is 0 Å². The van der Waals surface area contributed by atoms with Crippen molar-refractivity contribution < 1.29 is 63.2 Å². The summed E-state index contributed by atoms with van der Waals surface area (Å²) >= 11 is 0. The maximum atomic E-state index is 11.5. The van der Waals surface area contributed by atoms with Crippen LogP contribution in [-0.4, -0.2) is 23.9 Å². The largest absolute Gasteiger partial charge is 2.00 e. The molecule has 0 fully saturated rings. The van der Waals surface area contributed by atoms with Gasteiger partial charge in [-0.05, 0) is 13.8 Å². The number of carbonyl (C=O) groups is 2. The van der Waals surface area contributed by atoms with E-state index in [1.54, 1.807) is 0 Å². The topological polar surface area (TPSA) is 80.3 Å². The van der Waals surface area contributed by atoms with Crippen LogP contribution in [0.3, 0.4) is 0 Å². The number of rotatable bonds is 2. The Labute approximate surface area is 125 Å². The van der Waals surface area contributed by atoms with E-state index < -0.39 is 47.6 Å². The number of hydrogen-bond acceptors (Lipinski definition) is 4. The molecular formula is C10H8CuF6O4. The molecule has 0 atom stereocenters. The summed E-state index contributed by atoms with van der Waals surface area (Å²) in [6, 6.07) is 0. The summed E-state index contributed by atoms with van der Waals surface area (Å²) in [7, 11) is 0. The second-order valence-corrected chi connectivity index (χ2v) is 3.17. The first-order chi connectivity index (χ1) is 8.78. The van der Waals surface area contributed by atoms with Gasteiger partial charge in [0.25, 0.3) is 0 Å². The molecule has 0 saturated heterocycles. The van der Waals surface area contributed by atoms with Crippen LogP contribution >= 0.6 is 0 Å². The van der Waals surface area contributed by atoms with E-state index in [0.29, 0.717) is 13.8 Å². The van der Waals surface area contributed by atoms with Gasteiger partial charge >= 0.3 is 29.4 Å². The fourth-order valence-corrected chi connectivity index (χ4v) is 0.699. The van der Waals surface area contributed by atoms with Crippen molar-refractivity contribution >= 4 is 11.6 Å². The molecule has 0 aromatic heterocycles. The molecule has 0 rings (SSSR count). The first-order valence-corrected chi connectivity index (χ1v) is 4.59. The van der Waals surface area contributed by atoms with E-state index in [9.17, 15) is 46.1 Å². The number of alkyl halides is 6. The van der Waals surface area contributed by atoms with Crippen molar-refractivity contribution in [3.05, 3.63) is 23.7 Å². The predicted molar refractivity (Wildman–Crippen MR) is 49.6 cm³/mol. The van der Waals surface area contributed by atoms with Gasteiger partial charge in [0, 0.05) is 0 Å². The van der Waals surface area contributed by atoms with Gasteiger partial charge in [-0.2, -0.15) is 26.3 Å². The van der Waals surface area contributed by atoms with E-state index in [-0.39, 0.29) is 17.1 Å². The van der Waals surface area contributed by atoms with Crippen LogP contribution in [0.4, 0.5) is 26.3 Å². The van der Waals surface area contributed by atoms with Gasteiger partial charge < -0.3 is 10.2 Å². The Morgan fingerprint density at radius 2 is 0.952 bits per heavy atom. The van der Waals surface area contributed by atoms with Crippen molar-refractivity contribution in [3.8, 4) is 0 Å². The Morgan fingerprint density at radius 3 is 0.952 bits per heavy atom. The maximum Gasteiger partial charge on any atom is 2.00 e. The number of Topliss-reactive ketones (excluding diaryl/α,β-unsaturated/α-hetero) is 2. The van der Waals surface area contributed by atoms with E-state index in [2.05, 4.69) is 0 Å². The molecule has 0 aliphatic carbocycles. The Bertz CT molecular complexity index is 382. The first-order valence-electron chi connectivity index (χ1n) is 4.59. The smallest absolute Gasteiger partial charge is 0.877 e. The minimum Gasteiger partial charge on any atom is -0.877 e. The summed E-state index contributed by atoms with van der Waals surface area (Å²) in [5.41, 5.74) is -3.29. The number of halogens is 6. The molecule has 0 unspecified atom stereocenters. The van der Waals surface area contributed by atoms with Crippen LogP contribution in [0.5, 0.6) is 0 Å². The van der Waals surface area contributed by atoms with Gasteiger partial charge in [-0.1, -0.05) is 0 Å². The first kappa shape index (κ1) is 24.5. The Balaban J connectivity index is -0.000000295. The molecule has 21 heavy (non-hydrogen) atoms. The van der Waals surface area contributed by atoms with Crippen LogP contribution in [0.15, 0.2) is 23.7 Å². The van der Waals surface area contributed by atoms with Crippen molar-refractivity contribution in [2.24, 2.45) is 0 Å². The molecule has 0 amide bonds. The minimum absolute atomic E-state index is 0. The van der Waals surface area contributed by atoms with Crippen LogP contribution in [-0.2, 0) is 26.7 Å². The van der Waals surface area contributed by atoms with Crippen molar-refractivity contribution in [3.63, 3.8) is 0 Å². The fourth-order valence-electron chi connectivity index (χ4n) is 0.699. The maximum absolute atomic E-state index is 11.5. The third-order valence-corrected chi connectivity index (χ3v) is 1.61. The van der Waals surface area contributed by atoms with Crippen molar-refractivity contribution in [1.82, 2.24) is 0 Å². The van der Waals surface area contributed by atoms with E-state index in [4.69, 9.17) is 0 Å². The number of allylic oxidation sites excluding steroid dienone is 2. The average Bonchev–Trinajstić information content (AvgIpc) is 2.13. The predicted octanol–water partition coefficient (Wildman–Crippen LogP) is 0.761. The molecule has 0 bridgehead atoms. The normalized spacial score (nSPS) is 12.8. The van der Waals surface area contributed by atoms with Gasteiger partial charge in [-0.15, -0.1) is 12.5 Å². The number of hydrogen-bond donors (Lipinski definition) is 0. The number of ketones is 2. The summed E-state index contributed by atoms with van der Waals surface area (Å²) < 4.78 is 68.9.